The Bertz CT molecular complexity index is 2300. The Morgan fingerprint density at radius 1 is 0.682 bits per heavy atom. The normalized spacial score (nSPS) is 21.2. The molecule has 0 saturated heterocycles. The van der Waals surface area contributed by atoms with Gasteiger partial charge in [-0.2, -0.15) is 0 Å². The van der Waals surface area contributed by atoms with Crippen LogP contribution in [-0.4, -0.2) is 10.7 Å². The van der Waals surface area contributed by atoms with Gasteiger partial charge in [-0.25, -0.2) is 4.98 Å². The van der Waals surface area contributed by atoms with Gasteiger partial charge in [0.25, 0.3) is 0 Å². The van der Waals surface area contributed by atoms with E-state index < -0.39 is 0 Å². The smallest absolute Gasteiger partial charge is 0.227 e. The van der Waals surface area contributed by atoms with Crippen LogP contribution >= 0.6 is 0 Å². The minimum atomic E-state index is -0.119. The van der Waals surface area contributed by atoms with Gasteiger partial charge in [0.2, 0.25) is 5.89 Å². The highest BCUT2D eigenvalue weighted by Crippen LogP contribution is 2.57. The Morgan fingerprint density at radius 3 is 2.27 bits per heavy atom. The summed E-state index contributed by atoms with van der Waals surface area (Å²) in [5.41, 5.74) is 12.5. The van der Waals surface area contributed by atoms with Crippen molar-refractivity contribution in [2.45, 2.75) is 18.1 Å². The fourth-order valence-corrected chi connectivity index (χ4v) is 7.57. The van der Waals surface area contributed by atoms with Crippen LogP contribution in [-0.2, 0) is 5.54 Å². The summed E-state index contributed by atoms with van der Waals surface area (Å²) in [5, 5.41) is 6.17. The van der Waals surface area contributed by atoms with E-state index in [-0.39, 0.29) is 11.7 Å². The summed E-state index contributed by atoms with van der Waals surface area (Å²) < 4.78 is 6.46. The molecule has 4 heteroatoms. The summed E-state index contributed by atoms with van der Waals surface area (Å²) in [6.45, 7) is 0. The van der Waals surface area contributed by atoms with Crippen molar-refractivity contribution in [1.82, 2.24) is 10.3 Å². The minimum Gasteiger partial charge on any atom is -0.436 e. The number of fused-ring (bicyclic) bond motifs is 8. The maximum Gasteiger partial charge on any atom is 0.227 e. The van der Waals surface area contributed by atoms with Gasteiger partial charge in [-0.05, 0) is 63.4 Å². The number of rotatable bonds is 4. The summed E-state index contributed by atoms with van der Waals surface area (Å²) in [4.78, 5) is 10.5. The van der Waals surface area contributed by atoms with Gasteiger partial charge >= 0.3 is 0 Å². The van der Waals surface area contributed by atoms with Crippen molar-refractivity contribution in [3.05, 3.63) is 150 Å². The minimum absolute atomic E-state index is 0.116. The Hall–Kier alpha value is -5.32. The topological polar surface area (TPSA) is 50.4 Å². The lowest BCUT2D eigenvalue weighted by molar-refractivity contribution is 0.410. The van der Waals surface area contributed by atoms with Crippen LogP contribution in [0.25, 0.3) is 55.6 Å². The molecule has 1 fully saturated rings. The first-order valence-corrected chi connectivity index (χ1v) is 15.3. The summed E-state index contributed by atoms with van der Waals surface area (Å²) in [7, 11) is 0. The number of nitrogens with one attached hydrogen (secondary N) is 1. The maximum atomic E-state index is 6.46. The van der Waals surface area contributed by atoms with Crippen molar-refractivity contribution in [3.8, 4) is 33.7 Å². The van der Waals surface area contributed by atoms with E-state index >= 15 is 0 Å². The maximum absolute atomic E-state index is 6.46. The van der Waals surface area contributed by atoms with Gasteiger partial charge in [-0.15, -0.1) is 0 Å². The molecule has 6 aromatic carbocycles. The molecule has 4 nitrogen and oxygen atoms in total. The first-order chi connectivity index (χ1) is 21.8. The second-order valence-electron chi connectivity index (χ2n) is 12.2. The van der Waals surface area contributed by atoms with Gasteiger partial charge in [0.05, 0.1) is 5.54 Å². The summed E-state index contributed by atoms with van der Waals surface area (Å²) in [6.07, 6.45) is 0.908. The molecule has 2 heterocycles. The number of benzene rings is 6. The van der Waals surface area contributed by atoms with Crippen LogP contribution in [0.2, 0.25) is 0 Å². The molecule has 3 aliphatic rings. The SMILES string of the molecule is c1ccc(C2N=C(c3ccc4ccc5oc(-c6cccc7c6-c6ccccc6-7)nc5c4c3)[C@H]3CC3(c3ccccc3)N2)cc1. The zero-order valence-electron chi connectivity index (χ0n) is 23.9. The van der Waals surface area contributed by atoms with Gasteiger partial charge in [-0.1, -0.05) is 115 Å². The Labute approximate surface area is 254 Å². The monoisotopic (exact) mass is 565 g/mol. The third kappa shape index (κ3) is 3.37. The highest BCUT2D eigenvalue weighted by Gasteiger charge is 2.60. The third-order valence-corrected chi connectivity index (χ3v) is 9.81. The van der Waals surface area contributed by atoms with Gasteiger partial charge < -0.3 is 4.42 Å². The number of nitrogens with zero attached hydrogens (tertiary/aromatic N) is 2. The van der Waals surface area contributed by atoms with Gasteiger partial charge in [0.1, 0.15) is 11.7 Å². The number of hydrogen-bond acceptors (Lipinski definition) is 4. The Morgan fingerprint density at radius 2 is 1.41 bits per heavy atom. The molecule has 1 aromatic heterocycles. The van der Waals surface area contributed by atoms with Crippen LogP contribution in [0.15, 0.2) is 143 Å². The standard InChI is InChI=1S/C40H27N3O/c1-3-10-25(11-4-1)38-41-36(33-23-40(33,43-38)27-12-5-2-6-13-27)26-19-18-24-20-21-34-37(32(24)22-26)42-39(44-34)31-17-9-16-30-28-14-7-8-15-29(28)35(30)31/h1-22,33,38,43H,23H2/t33-,38?,40?/m1/s1. The highest BCUT2D eigenvalue weighted by atomic mass is 16.3. The fraction of sp³-hybridized carbons (Fsp3) is 0.100. The number of aromatic nitrogens is 1. The van der Waals surface area contributed by atoms with E-state index in [2.05, 4.69) is 133 Å². The molecular weight excluding hydrogens is 538 g/mol. The van der Waals surface area contributed by atoms with Crippen molar-refractivity contribution in [3.63, 3.8) is 0 Å². The Balaban J connectivity index is 1.11. The number of aliphatic imine (C=N–C) groups is 1. The zero-order valence-corrected chi connectivity index (χ0v) is 23.9. The first-order valence-electron chi connectivity index (χ1n) is 15.3. The second kappa shape index (κ2) is 8.85. The van der Waals surface area contributed by atoms with E-state index in [1.54, 1.807) is 0 Å². The molecule has 10 rings (SSSR count). The van der Waals surface area contributed by atoms with Crippen molar-refractivity contribution >= 4 is 27.6 Å². The summed E-state index contributed by atoms with van der Waals surface area (Å²) >= 11 is 0. The predicted molar refractivity (Wildman–Crippen MR) is 176 cm³/mol. The molecule has 44 heavy (non-hydrogen) atoms. The molecule has 2 aliphatic carbocycles. The van der Waals surface area contributed by atoms with Crippen LogP contribution in [0.1, 0.15) is 29.3 Å². The van der Waals surface area contributed by atoms with E-state index in [9.17, 15) is 0 Å². The average molecular weight is 566 g/mol. The molecule has 7 aromatic rings. The largest absolute Gasteiger partial charge is 0.436 e. The van der Waals surface area contributed by atoms with Crippen LogP contribution in [0.4, 0.5) is 0 Å². The van der Waals surface area contributed by atoms with Crippen molar-refractivity contribution in [1.29, 1.82) is 0 Å². The predicted octanol–water partition coefficient (Wildman–Crippen LogP) is 9.30. The van der Waals surface area contributed by atoms with Gasteiger partial charge in [-0.3, -0.25) is 10.3 Å². The molecule has 0 radical (unpaired) electrons. The summed E-state index contributed by atoms with van der Waals surface area (Å²) in [6, 6.07) is 47.3. The van der Waals surface area contributed by atoms with Crippen LogP contribution in [0.5, 0.6) is 0 Å². The number of oxazole rings is 1. The van der Waals surface area contributed by atoms with Crippen LogP contribution in [0.3, 0.4) is 0 Å². The molecule has 2 unspecified atom stereocenters. The van der Waals surface area contributed by atoms with E-state index in [1.165, 1.54) is 33.4 Å². The Kier molecular flexibility index (Phi) is 4.86. The molecule has 0 spiro atoms. The van der Waals surface area contributed by atoms with E-state index in [1.807, 2.05) is 6.07 Å². The van der Waals surface area contributed by atoms with Crippen molar-refractivity contribution < 1.29 is 4.42 Å². The molecule has 1 saturated carbocycles. The molecule has 1 N–H and O–H groups in total. The molecule has 208 valence electrons. The number of hydrogen-bond donors (Lipinski definition) is 1. The molecule has 0 amide bonds. The van der Waals surface area contributed by atoms with Crippen LogP contribution in [0, 0.1) is 5.92 Å². The second-order valence-corrected chi connectivity index (χ2v) is 12.2. The third-order valence-electron chi connectivity index (χ3n) is 9.81. The van der Waals surface area contributed by atoms with Gasteiger partial charge in [0.15, 0.2) is 5.58 Å². The first kappa shape index (κ1) is 24.2. The van der Waals surface area contributed by atoms with E-state index in [0.717, 1.165) is 45.1 Å². The fourth-order valence-electron chi connectivity index (χ4n) is 7.57. The molecule has 1 aliphatic heterocycles. The zero-order chi connectivity index (χ0) is 28.8. The molecule has 0 bridgehead atoms. The lowest BCUT2D eigenvalue weighted by Gasteiger charge is -2.31. The average Bonchev–Trinajstić information content (AvgIpc) is 3.68. The lowest BCUT2D eigenvalue weighted by Crippen LogP contribution is -2.39. The lowest BCUT2D eigenvalue weighted by atomic mass is 9.78. The summed E-state index contributed by atoms with van der Waals surface area (Å²) in [5.74, 6) is 0.968. The molecular formula is C40H27N3O. The van der Waals surface area contributed by atoms with Crippen molar-refractivity contribution in [2.75, 3.05) is 0 Å². The van der Waals surface area contributed by atoms with E-state index in [4.69, 9.17) is 14.4 Å². The van der Waals surface area contributed by atoms with Crippen molar-refractivity contribution in [2.24, 2.45) is 10.9 Å². The molecule has 3 atom stereocenters. The highest BCUT2D eigenvalue weighted by molar-refractivity contribution is 6.12. The van der Waals surface area contributed by atoms with E-state index in [0.29, 0.717) is 11.8 Å². The van der Waals surface area contributed by atoms with Crippen LogP contribution < -0.4 is 5.32 Å². The quantitative estimate of drug-likeness (QED) is 0.231. The van der Waals surface area contributed by atoms with Gasteiger partial charge in [0, 0.05) is 28.1 Å².